The molecule has 0 spiro atoms. The largest absolute Gasteiger partial charge is 0.481 e. The number of aliphatic carboxylic acids is 2. The number of nitrogens with one attached hydrogen (secondary N) is 1. The summed E-state index contributed by atoms with van der Waals surface area (Å²) in [7, 11) is 0. The van der Waals surface area contributed by atoms with E-state index in [1.54, 1.807) is 0 Å². The van der Waals surface area contributed by atoms with Gasteiger partial charge in [-0.25, -0.2) is 9.59 Å². The second kappa shape index (κ2) is 4.86. The summed E-state index contributed by atoms with van der Waals surface area (Å²) in [6.07, 6.45) is 0.382. The molecule has 0 aromatic heterocycles. The van der Waals surface area contributed by atoms with Gasteiger partial charge in [0.2, 0.25) is 0 Å². The Bertz CT molecular complexity index is 228. The van der Waals surface area contributed by atoms with Crippen molar-refractivity contribution in [3.8, 4) is 0 Å². The predicted octanol–water partition coefficient (Wildman–Crippen LogP) is -1.25. The highest BCUT2D eigenvalue weighted by molar-refractivity contribution is 5.80. The second-order valence-corrected chi connectivity index (χ2v) is 1.82. The standard InChI is InChI=1S/C5H6N2O5/c8-2-6-7-3(5(11)12)1-4(9)10/h3,7H,1H2,(H,9,10)(H,11,12)/t3-/m0/s1. The number of isocyanates is 1. The molecule has 1 atom stereocenters. The maximum atomic E-state index is 10.2. The molecular weight excluding hydrogens is 168 g/mol. The molecule has 0 amide bonds. The van der Waals surface area contributed by atoms with E-state index in [2.05, 4.69) is 5.10 Å². The van der Waals surface area contributed by atoms with Crippen LogP contribution in [0.5, 0.6) is 0 Å². The minimum absolute atomic E-state index is 0.652. The van der Waals surface area contributed by atoms with Gasteiger partial charge in [0.1, 0.15) is 0 Å². The fourth-order valence-corrected chi connectivity index (χ4v) is 0.467. The lowest BCUT2D eigenvalue weighted by molar-refractivity contribution is -0.145. The third kappa shape index (κ3) is 4.02. The summed E-state index contributed by atoms with van der Waals surface area (Å²) in [6.45, 7) is 0. The van der Waals surface area contributed by atoms with Gasteiger partial charge in [-0.05, 0) is 0 Å². The summed E-state index contributed by atoms with van der Waals surface area (Å²) < 4.78 is 0. The van der Waals surface area contributed by atoms with Crippen molar-refractivity contribution in [1.29, 1.82) is 0 Å². The van der Waals surface area contributed by atoms with Crippen molar-refractivity contribution >= 4 is 18.0 Å². The maximum absolute atomic E-state index is 10.2. The van der Waals surface area contributed by atoms with Crippen LogP contribution in [0.1, 0.15) is 6.42 Å². The molecule has 0 bridgehead atoms. The van der Waals surface area contributed by atoms with E-state index in [4.69, 9.17) is 10.2 Å². The molecule has 7 heteroatoms. The van der Waals surface area contributed by atoms with Crippen molar-refractivity contribution in [2.45, 2.75) is 12.5 Å². The first-order valence-electron chi connectivity index (χ1n) is 2.85. The van der Waals surface area contributed by atoms with Crippen LogP contribution in [0.4, 0.5) is 0 Å². The van der Waals surface area contributed by atoms with Crippen molar-refractivity contribution in [2.24, 2.45) is 5.10 Å². The van der Waals surface area contributed by atoms with E-state index >= 15 is 0 Å². The van der Waals surface area contributed by atoms with E-state index in [-0.39, 0.29) is 0 Å². The summed E-state index contributed by atoms with van der Waals surface area (Å²) in [5.41, 5.74) is 1.82. The lowest BCUT2D eigenvalue weighted by atomic mass is 10.2. The smallest absolute Gasteiger partial charge is 0.328 e. The summed E-state index contributed by atoms with van der Waals surface area (Å²) in [6, 6.07) is -1.40. The van der Waals surface area contributed by atoms with Crippen LogP contribution in [0.2, 0.25) is 0 Å². The number of carboxylic acids is 2. The van der Waals surface area contributed by atoms with Gasteiger partial charge in [-0.15, -0.1) is 0 Å². The summed E-state index contributed by atoms with van der Waals surface area (Å²) in [5, 5.41) is 19.3. The Morgan fingerprint density at radius 3 is 2.42 bits per heavy atom. The molecule has 0 radical (unpaired) electrons. The molecule has 0 aliphatic carbocycles. The van der Waals surface area contributed by atoms with E-state index in [1.807, 2.05) is 5.43 Å². The zero-order chi connectivity index (χ0) is 9.56. The molecule has 0 heterocycles. The number of carboxylic acid groups (broad SMARTS) is 2. The van der Waals surface area contributed by atoms with E-state index in [1.165, 1.54) is 0 Å². The van der Waals surface area contributed by atoms with Gasteiger partial charge >= 0.3 is 11.9 Å². The quantitative estimate of drug-likeness (QED) is 0.272. The Morgan fingerprint density at radius 1 is 1.50 bits per heavy atom. The van der Waals surface area contributed by atoms with E-state index < -0.39 is 24.4 Å². The number of carbonyl (C=O) groups excluding carboxylic acids is 1. The van der Waals surface area contributed by atoms with Crippen molar-refractivity contribution in [1.82, 2.24) is 5.43 Å². The number of nitrogens with zero attached hydrogens (tertiary/aromatic N) is 1. The molecule has 3 N–H and O–H groups in total. The summed E-state index contributed by atoms with van der Waals surface area (Å²) in [4.78, 5) is 29.8. The highest BCUT2D eigenvalue weighted by atomic mass is 16.4. The van der Waals surface area contributed by atoms with Gasteiger partial charge in [0.05, 0.1) is 6.42 Å². The number of rotatable bonds is 5. The monoisotopic (exact) mass is 174 g/mol. The number of hydrogen-bond acceptors (Lipinski definition) is 5. The zero-order valence-electron chi connectivity index (χ0n) is 5.85. The minimum Gasteiger partial charge on any atom is -0.481 e. The molecule has 0 aromatic carbocycles. The molecule has 7 nitrogen and oxygen atoms in total. The van der Waals surface area contributed by atoms with Gasteiger partial charge in [0.15, 0.2) is 6.04 Å². The van der Waals surface area contributed by atoms with Crippen LogP contribution in [-0.2, 0) is 14.4 Å². The number of carbonyl (C=O) groups is 2. The van der Waals surface area contributed by atoms with E-state index in [9.17, 15) is 14.4 Å². The highest BCUT2D eigenvalue weighted by Gasteiger charge is 2.19. The summed E-state index contributed by atoms with van der Waals surface area (Å²) >= 11 is 0. The Morgan fingerprint density at radius 2 is 2.08 bits per heavy atom. The SMILES string of the molecule is O=C=NN[C@@H](CC(=O)O)C(=O)O. The van der Waals surface area contributed by atoms with Crippen LogP contribution >= 0.6 is 0 Å². The third-order valence-electron chi connectivity index (χ3n) is 0.943. The van der Waals surface area contributed by atoms with Crippen molar-refractivity contribution in [3.63, 3.8) is 0 Å². The van der Waals surface area contributed by atoms with Gasteiger partial charge in [-0.1, -0.05) is 5.10 Å². The fourth-order valence-electron chi connectivity index (χ4n) is 0.467. The Hall–Kier alpha value is -1.88. The van der Waals surface area contributed by atoms with Crippen molar-refractivity contribution in [2.75, 3.05) is 0 Å². The molecule has 12 heavy (non-hydrogen) atoms. The van der Waals surface area contributed by atoms with Crippen LogP contribution in [0.25, 0.3) is 0 Å². The summed E-state index contributed by atoms with van der Waals surface area (Å²) in [5.74, 6) is -2.69. The van der Waals surface area contributed by atoms with Gasteiger partial charge in [0, 0.05) is 0 Å². The topological polar surface area (TPSA) is 116 Å². The van der Waals surface area contributed by atoms with Crippen molar-refractivity contribution < 1.29 is 24.6 Å². The van der Waals surface area contributed by atoms with Gasteiger partial charge in [0.25, 0.3) is 6.08 Å². The molecule has 0 aromatic rings. The van der Waals surface area contributed by atoms with Crippen LogP contribution in [-0.4, -0.2) is 34.3 Å². The number of hydrogen-bond donors (Lipinski definition) is 3. The molecular formula is C5H6N2O5. The van der Waals surface area contributed by atoms with Crippen molar-refractivity contribution in [3.05, 3.63) is 0 Å². The molecule has 0 saturated carbocycles. The lowest BCUT2D eigenvalue weighted by Crippen LogP contribution is -2.35. The highest BCUT2D eigenvalue weighted by Crippen LogP contribution is 1.91. The number of hydrazone groups is 1. The van der Waals surface area contributed by atoms with Crippen LogP contribution in [0.15, 0.2) is 5.10 Å². The first kappa shape index (κ1) is 10.1. The molecule has 0 aliphatic heterocycles. The van der Waals surface area contributed by atoms with Crippen LogP contribution in [0, 0.1) is 0 Å². The molecule has 0 rings (SSSR count). The average molecular weight is 174 g/mol. The predicted molar refractivity (Wildman–Crippen MR) is 34.9 cm³/mol. The van der Waals surface area contributed by atoms with E-state index in [0.29, 0.717) is 0 Å². The molecule has 0 saturated heterocycles. The molecule has 0 fully saturated rings. The molecule has 0 aliphatic rings. The van der Waals surface area contributed by atoms with E-state index in [0.717, 1.165) is 6.08 Å². The van der Waals surface area contributed by atoms with Gasteiger partial charge in [-0.3, -0.25) is 10.2 Å². The average Bonchev–Trinajstić information content (AvgIpc) is 1.96. The van der Waals surface area contributed by atoms with Gasteiger partial charge in [-0.2, -0.15) is 0 Å². The first-order valence-corrected chi connectivity index (χ1v) is 2.85. The fraction of sp³-hybridized carbons (Fsp3) is 0.400. The Kier molecular flexibility index (Phi) is 4.10. The van der Waals surface area contributed by atoms with Crippen LogP contribution in [0.3, 0.4) is 0 Å². The maximum Gasteiger partial charge on any atom is 0.328 e. The zero-order valence-corrected chi connectivity index (χ0v) is 5.85. The minimum atomic E-state index is -1.40. The molecule has 66 valence electrons. The van der Waals surface area contributed by atoms with Crippen LogP contribution < -0.4 is 5.43 Å². The Labute approximate surface area is 66.7 Å². The Balaban J connectivity index is 4.13. The first-order chi connectivity index (χ1) is 5.57. The molecule has 0 unspecified atom stereocenters. The third-order valence-corrected chi connectivity index (χ3v) is 0.943. The second-order valence-electron chi connectivity index (χ2n) is 1.82. The lowest BCUT2D eigenvalue weighted by Gasteiger charge is -2.06. The normalized spacial score (nSPS) is 11.0. The van der Waals surface area contributed by atoms with Gasteiger partial charge < -0.3 is 10.2 Å².